The molecule has 0 aliphatic heterocycles. The van der Waals surface area contributed by atoms with Crippen LogP contribution in [-0.2, 0) is 11.2 Å². The molecule has 0 heterocycles. The number of primary amides is 1. The van der Waals surface area contributed by atoms with Crippen LogP contribution in [0.2, 0.25) is 0 Å². The van der Waals surface area contributed by atoms with Crippen LogP contribution in [0.1, 0.15) is 50.5 Å². The average molecular weight is 343 g/mol. The molecule has 1 aromatic rings. The van der Waals surface area contributed by atoms with Crippen LogP contribution in [0.3, 0.4) is 0 Å². The van der Waals surface area contributed by atoms with Crippen LogP contribution in [0.25, 0.3) is 0 Å². The van der Waals surface area contributed by atoms with Gasteiger partial charge in [-0.1, -0.05) is 49.6 Å². The fourth-order valence-electron chi connectivity index (χ4n) is 4.62. The van der Waals surface area contributed by atoms with Crippen LogP contribution in [-0.4, -0.2) is 24.5 Å². The number of carbonyl (C=O) groups excluding carboxylic acids is 2. The second-order valence-electron chi connectivity index (χ2n) is 7.83. The Morgan fingerprint density at radius 1 is 1.12 bits per heavy atom. The Hall–Kier alpha value is -2.04. The summed E-state index contributed by atoms with van der Waals surface area (Å²) in [6.07, 6.45) is 9.74. The predicted octanol–water partition coefficient (Wildman–Crippen LogP) is 2.74. The second-order valence-corrected chi connectivity index (χ2v) is 7.83. The third-order valence-electron chi connectivity index (χ3n) is 5.84. The summed E-state index contributed by atoms with van der Waals surface area (Å²) in [5.74, 6) is 0.431. The molecule has 1 unspecified atom stereocenters. The quantitative estimate of drug-likeness (QED) is 0.742. The highest BCUT2D eigenvalue weighted by atomic mass is 16.2. The molecule has 136 valence electrons. The van der Waals surface area contributed by atoms with E-state index in [9.17, 15) is 9.59 Å². The van der Waals surface area contributed by atoms with Crippen LogP contribution in [0.5, 0.6) is 0 Å². The first-order chi connectivity index (χ1) is 12.1. The van der Waals surface area contributed by atoms with Gasteiger partial charge in [0.25, 0.3) is 0 Å². The van der Waals surface area contributed by atoms with E-state index in [1.165, 1.54) is 44.9 Å². The van der Waals surface area contributed by atoms with Crippen molar-refractivity contribution in [1.29, 1.82) is 0 Å². The second kappa shape index (κ2) is 7.89. The Morgan fingerprint density at radius 2 is 1.80 bits per heavy atom. The summed E-state index contributed by atoms with van der Waals surface area (Å²) in [6, 6.07) is 8.38. The van der Waals surface area contributed by atoms with Crippen molar-refractivity contribution in [2.75, 3.05) is 6.54 Å². The first kappa shape index (κ1) is 17.8. The molecule has 4 N–H and O–H groups in total. The molecule has 5 nitrogen and oxygen atoms in total. The van der Waals surface area contributed by atoms with Gasteiger partial charge >= 0.3 is 6.03 Å². The Bertz CT molecular complexity index is 588. The largest absolute Gasteiger partial charge is 0.354 e. The zero-order chi connectivity index (χ0) is 17.7. The molecule has 0 radical (unpaired) electrons. The molecule has 2 saturated carbocycles. The molecule has 0 saturated heterocycles. The van der Waals surface area contributed by atoms with Gasteiger partial charge in [-0.3, -0.25) is 4.79 Å². The molecule has 3 amide bonds. The van der Waals surface area contributed by atoms with Gasteiger partial charge in [0, 0.05) is 13.0 Å². The summed E-state index contributed by atoms with van der Waals surface area (Å²) in [5.41, 5.74) is 6.81. The molecule has 3 rings (SSSR count). The molecular weight excluding hydrogens is 314 g/mol. The molecule has 2 fully saturated rings. The molecule has 0 aromatic heterocycles. The first-order valence-corrected chi connectivity index (χ1v) is 9.44. The highest BCUT2D eigenvalue weighted by Crippen LogP contribution is 2.54. The molecule has 2 aliphatic carbocycles. The van der Waals surface area contributed by atoms with Gasteiger partial charge in [0.1, 0.15) is 6.04 Å². The van der Waals surface area contributed by atoms with Gasteiger partial charge in [-0.15, -0.1) is 0 Å². The zero-order valence-electron chi connectivity index (χ0n) is 14.8. The van der Waals surface area contributed by atoms with Gasteiger partial charge in [-0.05, 0) is 42.6 Å². The number of hydrogen-bond donors (Lipinski definition) is 3. The number of nitrogens with two attached hydrogens (primary N) is 1. The average Bonchev–Trinajstić information content (AvgIpc) is 2.58. The Morgan fingerprint density at radius 3 is 2.44 bits per heavy atom. The predicted molar refractivity (Wildman–Crippen MR) is 97.9 cm³/mol. The van der Waals surface area contributed by atoms with Crippen LogP contribution >= 0.6 is 0 Å². The first-order valence-electron chi connectivity index (χ1n) is 9.44. The molecule has 0 bridgehead atoms. The van der Waals surface area contributed by atoms with Gasteiger partial charge in [-0.2, -0.15) is 0 Å². The van der Waals surface area contributed by atoms with Gasteiger partial charge in [0.2, 0.25) is 5.91 Å². The monoisotopic (exact) mass is 343 g/mol. The Labute approximate surface area is 149 Å². The number of rotatable bonds is 6. The minimum atomic E-state index is -0.666. The highest BCUT2D eigenvalue weighted by molar-refractivity contribution is 5.86. The SMILES string of the molecule is NC(=O)NC(Cc1ccccc1)C(=O)NCC1CC2(CCCCC2)C1. The number of urea groups is 1. The van der Waals surface area contributed by atoms with Crippen molar-refractivity contribution in [3.63, 3.8) is 0 Å². The summed E-state index contributed by atoms with van der Waals surface area (Å²) in [7, 11) is 0. The summed E-state index contributed by atoms with van der Waals surface area (Å²) >= 11 is 0. The number of hydrogen-bond acceptors (Lipinski definition) is 2. The van der Waals surface area contributed by atoms with Crippen LogP contribution in [0, 0.1) is 11.3 Å². The molecule has 2 aliphatic rings. The van der Waals surface area contributed by atoms with Gasteiger partial charge in [-0.25, -0.2) is 4.79 Å². The van der Waals surface area contributed by atoms with E-state index in [1.807, 2.05) is 30.3 Å². The van der Waals surface area contributed by atoms with E-state index in [0.29, 0.717) is 24.3 Å². The summed E-state index contributed by atoms with van der Waals surface area (Å²) in [6.45, 7) is 0.701. The van der Waals surface area contributed by atoms with E-state index in [2.05, 4.69) is 10.6 Å². The van der Waals surface area contributed by atoms with Crippen molar-refractivity contribution < 1.29 is 9.59 Å². The van der Waals surface area contributed by atoms with Gasteiger partial charge in [0.15, 0.2) is 0 Å². The number of carbonyl (C=O) groups is 2. The fourth-order valence-corrected chi connectivity index (χ4v) is 4.62. The standard InChI is InChI=1S/C20H29N3O2/c21-19(25)23-17(11-15-7-3-1-4-8-15)18(24)22-14-16-12-20(13-16)9-5-2-6-10-20/h1,3-4,7-8,16-17H,2,5-6,9-14H2,(H,22,24)(H3,21,23,25). The Kier molecular flexibility index (Phi) is 5.61. The van der Waals surface area contributed by atoms with E-state index in [-0.39, 0.29) is 5.91 Å². The van der Waals surface area contributed by atoms with Crippen LogP contribution < -0.4 is 16.4 Å². The lowest BCUT2D eigenvalue weighted by Crippen LogP contribution is -2.52. The minimum Gasteiger partial charge on any atom is -0.354 e. The maximum atomic E-state index is 12.5. The molecule has 1 atom stereocenters. The zero-order valence-corrected chi connectivity index (χ0v) is 14.8. The van der Waals surface area contributed by atoms with Crippen molar-refractivity contribution in [2.45, 2.75) is 57.4 Å². The van der Waals surface area contributed by atoms with Gasteiger partial charge < -0.3 is 16.4 Å². The van der Waals surface area contributed by atoms with Gasteiger partial charge in [0.05, 0.1) is 0 Å². The van der Waals surface area contributed by atoms with E-state index in [0.717, 1.165) is 5.56 Å². The van der Waals surface area contributed by atoms with Crippen LogP contribution in [0.15, 0.2) is 30.3 Å². The topological polar surface area (TPSA) is 84.2 Å². The number of nitrogens with one attached hydrogen (secondary N) is 2. The lowest BCUT2D eigenvalue weighted by Gasteiger charge is -2.50. The minimum absolute atomic E-state index is 0.146. The van der Waals surface area contributed by atoms with Crippen molar-refractivity contribution >= 4 is 11.9 Å². The van der Waals surface area contributed by atoms with E-state index in [4.69, 9.17) is 5.73 Å². The Balaban J connectivity index is 1.48. The fraction of sp³-hybridized carbons (Fsp3) is 0.600. The molecule has 25 heavy (non-hydrogen) atoms. The van der Waals surface area contributed by atoms with E-state index >= 15 is 0 Å². The maximum absolute atomic E-state index is 12.5. The molecule has 1 aromatic carbocycles. The van der Waals surface area contributed by atoms with Crippen molar-refractivity contribution in [2.24, 2.45) is 17.1 Å². The third kappa shape index (κ3) is 4.74. The number of amides is 3. The van der Waals surface area contributed by atoms with Crippen LogP contribution in [0.4, 0.5) is 4.79 Å². The van der Waals surface area contributed by atoms with Crippen molar-refractivity contribution in [1.82, 2.24) is 10.6 Å². The lowest BCUT2D eigenvalue weighted by atomic mass is 9.56. The summed E-state index contributed by atoms with van der Waals surface area (Å²) in [4.78, 5) is 23.8. The smallest absolute Gasteiger partial charge is 0.312 e. The highest BCUT2D eigenvalue weighted by Gasteiger charge is 2.44. The molecular formula is C20H29N3O2. The van der Waals surface area contributed by atoms with E-state index < -0.39 is 12.1 Å². The maximum Gasteiger partial charge on any atom is 0.312 e. The van der Waals surface area contributed by atoms with Crippen molar-refractivity contribution in [3.05, 3.63) is 35.9 Å². The summed E-state index contributed by atoms with van der Waals surface area (Å²) in [5, 5.41) is 5.59. The number of benzene rings is 1. The van der Waals surface area contributed by atoms with E-state index in [1.54, 1.807) is 0 Å². The molecule has 5 heteroatoms. The summed E-state index contributed by atoms with van der Waals surface area (Å²) < 4.78 is 0. The lowest BCUT2D eigenvalue weighted by molar-refractivity contribution is -0.123. The molecule has 1 spiro atoms. The third-order valence-corrected chi connectivity index (χ3v) is 5.84. The normalized spacial score (nSPS) is 20.5. The van der Waals surface area contributed by atoms with Crippen molar-refractivity contribution in [3.8, 4) is 0 Å².